The number of nitrogens with zero attached hydrogens (tertiary/aromatic N) is 1. The lowest BCUT2D eigenvalue weighted by Crippen LogP contribution is -2.45. The molecule has 0 bridgehead atoms. The van der Waals surface area contributed by atoms with E-state index in [1.165, 1.54) is 24.3 Å². The van der Waals surface area contributed by atoms with Crippen molar-refractivity contribution in [1.82, 2.24) is 10.2 Å². The van der Waals surface area contributed by atoms with Crippen molar-refractivity contribution in [1.29, 1.82) is 0 Å². The Bertz CT molecular complexity index is 550. The second-order valence-electron chi connectivity index (χ2n) is 5.71. The Morgan fingerprint density at radius 3 is 1.70 bits per heavy atom. The maximum Gasteiger partial charge on any atom is 0.123 e. The van der Waals surface area contributed by atoms with Gasteiger partial charge in [0.05, 0.1) is 0 Å². The van der Waals surface area contributed by atoms with E-state index in [1.807, 2.05) is 24.3 Å². The van der Waals surface area contributed by atoms with E-state index in [4.69, 9.17) is 0 Å². The van der Waals surface area contributed by atoms with Gasteiger partial charge in [-0.05, 0) is 35.4 Å². The van der Waals surface area contributed by atoms with Crippen molar-refractivity contribution >= 4 is 12.4 Å². The SMILES string of the molecule is Cl.Fc1ccc(C(CN2CCNCC2)c2ccc(F)cc2)cc1. The van der Waals surface area contributed by atoms with Crippen LogP contribution in [-0.4, -0.2) is 37.6 Å². The lowest BCUT2D eigenvalue weighted by molar-refractivity contribution is 0.234. The minimum absolute atomic E-state index is 0. The van der Waals surface area contributed by atoms with Gasteiger partial charge in [-0.3, -0.25) is 4.90 Å². The first-order valence-corrected chi connectivity index (χ1v) is 7.66. The fourth-order valence-corrected chi connectivity index (χ4v) is 2.95. The molecule has 0 aromatic heterocycles. The van der Waals surface area contributed by atoms with Crippen LogP contribution in [0.5, 0.6) is 0 Å². The molecule has 0 unspecified atom stereocenters. The minimum atomic E-state index is -0.233. The molecule has 1 N–H and O–H groups in total. The predicted octanol–water partition coefficient (Wildman–Crippen LogP) is 3.42. The second-order valence-corrected chi connectivity index (χ2v) is 5.71. The van der Waals surface area contributed by atoms with Crippen molar-refractivity contribution in [3.05, 3.63) is 71.3 Å². The summed E-state index contributed by atoms with van der Waals surface area (Å²) < 4.78 is 26.4. The van der Waals surface area contributed by atoms with Gasteiger partial charge in [0.15, 0.2) is 0 Å². The topological polar surface area (TPSA) is 15.3 Å². The quantitative estimate of drug-likeness (QED) is 0.919. The molecule has 23 heavy (non-hydrogen) atoms. The van der Waals surface area contributed by atoms with Gasteiger partial charge in [0.1, 0.15) is 11.6 Å². The van der Waals surface area contributed by atoms with Gasteiger partial charge in [0, 0.05) is 38.6 Å². The summed E-state index contributed by atoms with van der Waals surface area (Å²) in [6, 6.07) is 13.3. The average molecular weight is 339 g/mol. The van der Waals surface area contributed by atoms with Crippen LogP contribution in [0.4, 0.5) is 8.78 Å². The van der Waals surface area contributed by atoms with Crippen LogP contribution in [0.25, 0.3) is 0 Å². The third-order valence-electron chi connectivity index (χ3n) is 4.20. The molecule has 2 aromatic rings. The fraction of sp³-hybridized carbons (Fsp3) is 0.333. The van der Waals surface area contributed by atoms with Crippen LogP contribution in [-0.2, 0) is 0 Å². The highest BCUT2D eigenvalue weighted by atomic mass is 35.5. The molecule has 0 atom stereocenters. The van der Waals surface area contributed by atoms with Crippen molar-refractivity contribution < 1.29 is 8.78 Å². The molecule has 1 saturated heterocycles. The first kappa shape index (κ1) is 17.9. The average Bonchev–Trinajstić information content (AvgIpc) is 2.56. The van der Waals surface area contributed by atoms with E-state index in [-0.39, 0.29) is 30.0 Å². The van der Waals surface area contributed by atoms with E-state index < -0.39 is 0 Å². The summed E-state index contributed by atoms with van der Waals surface area (Å²) in [5.74, 6) is -0.341. The third kappa shape index (κ3) is 4.74. The highest BCUT2D eigenvalue weighted by Gasteiger charge is 2.19. The van der Waals surface area contributed by atoms with Crippen LogP contribution in [0.15, 0.2) is 48.5 Å². The Hall–Kier alpha value is -1.49. The molecular formula is C18H21ClF2N2. The summed E-state index contributed by atoms with van der Waals surface area (Å²) in [5.41, 5.74) is 2.12. The molecule has 1 aliphatic rings. The van der Waals surface area contributed by atoms with E-state index in [0.29, 0.717) is 0 Å². The van der Waals surface area contributed by atoms with Gasteiger partial charge >= 0.3 is 0 Å². The first-order valence-electron chi connectivity index (χ1n) is 7.66. The molecule has 0 spiro atoms. The Labute approximate surface area is 141 Å². The van der Waals surface area contributed by atoms with Crippen LogP contribution in [0.3, 0.4) is 0 Å². The standard InChI is InChI=1S/C18H20F2N2.ClH/c19-16-5-1-14(2-6-16)18(13-22-11-9-21-10-12-22)15-3-7-17(20)8-4-15;/h1-8,18,21H,9-13H2;1H. The lowest BCUT2D eigenvalue weighted by atomic mass is 9.90. The van der Waals surface area contributed by atoms with Crippen molar-refractivity contribution in [2.45, 2.75) is 5.92 Å². The minimum Gasteiger partial charge on any atom is -0.314 e. The number of hydrogen-bond donors (Lipinski definition) is 1. The maximum atomic E-state index is 13.2. The zero-order valence-electron chi connectivity index (χ0n) is 12.8. The Morgan fingerprint density at radius 1 is 0.826 bits per heavy atom. The maximum absolute atomic E-state index is 13.2. The van der Waals surface area contributed by atoms with Gasteiger partial charge in [-0.1, -0.05) is 24.3 Å². The summed E-state index contributed by atoms with van der Waals surface area (Å²) in [4.78, 5) is 2.40. The highest BCUT2D eigenvalue weighted by Crippen LogP contribution is 2.26. The Balaban J connectivity index is 0.00000192. The molecule has 0 amide bonds. The highest BCUT2D eigenvalue weighted by molar-refractivity contribution is 5.85. The molecular weight excluding hydrogens is 318 g/mol. The van der Waals surface area contributed by atoms with E-state index in [9.17, 15) is 8.78 Å². The van der Waals surface area contributed by atoms with E-state index >= 15 is 0 Å². The smallest absolute Gasteiger partial charge is 0.123 e. The molecule has 1 heterocycles. The van der Waals surface area contributed by atoms with Crippen LogP contribution in [0.1, 0.15) is 17.0 Å². The molecule has 1 fully saturated rings. The van der Waals surface area contributed by atoms with E-state index in [2.05, 4.69) is 10.2 Å². The number of nitrogens with one attached hydrogen (secondary N) is 1. The van der Waals surface area contributed by atoms with Crippen molar-refractivity contribution in [3.8, 4) is 0 Å². The third-order valence-corrected chi connectivity index (χ3v) is 4.20. The number of hydrogen-bond acceptors (Lipinski definition) is 2. The molecule has 1 aliphatic heterocycles. The molecule has 5 heteroatoms. The summed E-state index contributed by atoms with van der Waals surface area (Å²) in [6.07, 6.45) is 0. The van der Waals surface area contributed by atoms with Crippen molar-refractivity contribution in [2.75, 3.05) is 32.7 Å². The number of benzene rings is 2. The van der Waals surface area contributed by atoms with Gasteiger partial charge in [0.2, 0.25) is 0 Å². The zero-order valence-corrected chi connectivity index (χ0v) is 13.7. The summed E-state index contributed by atoms with van der Waals surface area (Å²) in [6.45, 7) is 4.83. The lowest BCUT2D eigenvalue weighted by Gasteiger charge is -2.31. The Kier molecular flexibility index (Phi) is 6.51. The largest absolute Gasteiger partial charge is 0.314 e. The molecule has 0 radical (unpaired) electrons. The summed E-state index contributed by atoms with van der Waals surface area (Å²) in [7, 11) is 0. The molecule has 2 aromatic carbocycles. The normalized spacial score (nSPS) is 15.4. The number of piperazine rings is 1. The number of rotatable bonds is 4. The van der Waals surface area contributed by atoms with Crippen molar-refractivity contribution in [2.24, 2.45) is 0 Å². The van der Waals surface area contributed by atoms with Crippen LogP contribution in [0.2, 0.25) is 0 Å². The van der Waals surface area contributed by atoms with Gasteiger partial charge in [-0.2, -0.15) is 0 Å². The molecule has 3 rings (SSSR count). The van der Waals surface area contributed by atoms with Crippen LogP contribution >= 0.6 is 12.4 Å². The van der Waals surface area contributed by atoms with Gasteiger partial charge < -0.3 is 5.32 Å². The second kappa shape index (κ2) is 8.39. The van der Waals surface area contributed by atoms with Gasteiger partial charge in [-0.15, -0.1) is 12.4 Å². The number of halogens is 3. The van der Waals surface area contributed by atoms with Crippen molar-refractivity contribution in [3.63, 3.8) is 0 Å². The van der Waals surface area contributed by atoms with E-state index in [0.717, 1.165) is 43.9 Å². The van der Waals surface area contributed by atoms with Crippen LogP contribution in [0, 0.1) is 11.6 Å². The molecule has 0 saturated carbocycles. The van der Waals surface area contributed by atoms with Gasteiger partial charge in [-0.25, -0.2) is 8.78 Å². The molecule has 0 aliphatic carbocycles. The predicted molar refractivity (Wildman–Crippen MR) is 91.2 cm³/mol. The molecule has 124 valence electrons. The summed E-state index contributed by atoms with van der Waals surface area (Å²) >= 11 is 0. The van der Waals surface area contributed by atoms with Gasteiger partial charge in [0.25, 0.3) is 0 Å². The van der Waals surface area contributed by atoms with E-state index in [1.54, 1.807) is 0 Å². The fourth-order valence-electron chi connectivity index (χ4n) is 2.95. The molecule has 2 nitrogen and oxygen atoms in total. The zero-order chi connectivity index (χ0) is 15.4. The summed E-state index contributed by atoms with van der Waals surface area (Å²) in [5, 5.41) is 3.34. The van der Waals surface area contributed by atoms with Crippen LogP contribution < -0.4 is 5.32 Å². The monoisotopic (exact) mass is 338 g/mol. The first-order chi connectivity index (χ1) is 10.7. The Morgan fingerprint density at radius 2 is 1.26 bits per heavy atom.